The summed E-state index contributed by atoms with van der Waals surface area (Å²) in [6.45, 7) is 0. The number of nitrogens with zero attached hydrogens (tertiary/aromatic N) is 3. The zero-order valence-electron chi connectivity index (χ0n) is 20.0. The first kappa shape index (κ1) is 24.5. The number of hydrogen-bond acceptors (Lipinski definition) is 9. The van der Waals surface area contributed by atoms with E-state index in [9.17, 15) is 35.3 Å². The molecule has 0 bridgehead atoms. The van der Waals surface area contributed by atoms with Crippen molar-refractivity contribution < 1.29 is 30.0 Å². The van der Waals surface area contributed by atoms with Crippen LogP contribution in [0.2, 0.25) is 0 Å². The molecule has 10 nitrogen and oxygen atoms in total. The number of carbonyl (C=O) groups excluding carboxylic acids is 2. The number of primary amides is 1. The summed E-state index contributed by atoms with van der Waals surface area (Å²) >= 11 is 0. The Morgan fingerprint density at radius 3 is 2.40 bits per heavy atom. The van der Waals surface area contributed by atoms with Crippen LogP contribution >= 0.6 is 0 Å². The maximum absolute atomic E-state index is 13.7. The Balaban J connectivity index is 2.01. The zero-order chi connectivity index (χ0) is 26.1. The summed E-state index contributed by atoms with van der Waals surface area (Å²) in [6.07, 6.45) is 0.395. The van der Waals surface area contributed by atoms with Gasteiger partial charge in [0.05, 0.1) is 0 Å². The van der Waals surface area contributed by atoms with Crippen molar-refractivity contribution in [2.45, 2.75) is 24.5 Å². The van der Waals surface area contributed by atoms with Crippen molar-refractivity contribution in [3.63, 3.8) is 0 Å². The number of ketones is 1. The van der Waals surface area contributed by atoms with Gasteiger partial charge in [0.15, 0.2) is 0 Å². The van der Waals surface area contributed by atoms with Crippen LogP contribution in [-0.2, 0) is 11.2 Å². The molecule has 3 aliphatic rings. The molecular weight excluding hydrogens is 451 g/mol. The number of aliphatic hydroxyl groups is 3. The zero-order valence-corrected chi connectivity index (χ0v) is 20.0. The van der Waals surface area contributed by atoms with E-state index in [4.69, 9.17) is 5.73 Å². The number of carbonyl (C=O) groups is 2. The van der Waals surface area contributed by atoms with Gasteiger partial charge in [0.1, 0.15) is 0 Å². The molecule has 0 aliphatic heterocycles. The number of fused-ring (bicyclic) bond motifs is 3. The predicted molar refractivity (Wildman–Crippen MR) is 130 cm³/mol. The maximum atomic E-state index is 13.7. The molecular formula is C24H27BN4O6. The average Bonchev–Trinajstić information content (AvgIpc) is 2.75. The fraction of sp³-hybridized carbons (Fsp3) is 0.417. The third-order valence-electron chi connectivity index (χ3n) is 7.49. The number of nitrogens with two attached hydrogens (primary N) is 1. The van der Waals surface area contributed by atoms with E-state index in [-0.39, 0.29) is 40.8 Å². The summed E-state index contributed by atoms with van der Waals surface area (Å²) in [5.74, 6) is -4.70. The number of Topliss-reactive ketones (excluding diaryl/α,β-unsaturated/α-hetero) is 1. The molecule has 3 aliphatic carbocycles. The van der Waals surface area contributed by atoms with Crippen LogP contribution in [0.3, 0.4) is 0 Å². The van der Waals surface area contributed by atoms with Crippen molar-refractivity contribution in [2.24, 2.45) is 17.6 Å². The number of anilines is 1. The normalized spacial score (nSPS) is 27.8. The fourth-order valence-corrected chi connectivity index (χ4v) is 5.95. The van der Waals surface area contributed by atoms with E-state index in [1.165, 1.54) is 6.07 Å². The number of allylic oxidation sites excluding steroid dienone is 1. The summed E-state index contributed by atoms with van der Waals surface area (Å²) in [4.78, 5) is 29.2. The molecule has 0 spiro atoms. The van der Waals surface area contributed by atoms with E-state index in [2.05, 4.69) is 7.49 Å². The van der Waals surface area contributed by atoms with Crippen LogP contribution in [0, 0.1) is 23.2 Å². The molecule has 0 aromatic heterocycles. The second-order valence-electron chi connectivity index (χ2n) is 9.76. The molecule has 0 saturated carbocycles. The summed E-state index contributed by atoms with van der Waals surface area (Å²) in [5.41, 5.74) is 3.32. The van der Waals surface area contributed by atoms with Gasteiger partial charge in [-0.15, -0.1) is 0 Å². The third kappa shape index (κ3) is 3.13. The molecule has 0 fully saturated rings. The van der Waals surface area contributed by atoms with Crippen molar-refractivity contribution in [3.8, 4) is 11.8 Å². The molecule has 0 radical (unpaired) electrons. The first-order valence-corrected chi connectivity index (χ1v) is 11.0. The second-order valence-corrected chi connectivity index (χ2v) is 9.76. The summed E-state index contributed by atoms with van der Waals surface area (Å²) in [5, 5.41) is 54.4. The van der Waals surface area contributed by atoms with E-state index in [1.807, 2.05) is 6.07 Å². The summed E-state index contributed by atoms with van der Waals surface area (Å²) < 4.78 is 0. The van der Waals surface area contributed by atoms with Gasteiger partial charge in [0, 0.05) is 0 Å². The van der Waals surface area contributed by atoms with Crippen molar-refractivity contribution in [1.82, 2.24) is 4.90 Å². The molecule has 4 rings (SSSR count). The third-order valence-corrected chi connectivity index (χ3v) is 7.49. The van der Waals surface area contributed by atoms with Crippen LogP contribution in [0.25, 0.3) is 0 Å². The van der Waals surface area contributed by atoms with Gasteiger partial charge >= 0.3 is 203 Å². The molecule has 1 amide bonds. The Morgan fingerprint density at radius 1 is 1.26 bits per heavy atom. The average molecular weight is 478 g/mol. The molecule has 4 atom stereocenters. The van der Waals surface area contributed by atoms with E-state index in [0.717, 1.165) is 0 Å². The number of nitriles is 1. The molecule has 1 aromatic carbocycles. The number of aromatic hydroxyl groups is 1. The number of phenolic OH excluding ortho intramolecular Hbond substituents is 1. The van der Waals surface area contributed by atoms with E-state index in [1.54, 1.807) is 38.0 Å². The van der Waals surface area contributed by atoms with Gasteiger partial charge in [-0.25, -0.2) is 0 Å². The van der Waals surface area contributed by atoms with Gasteiger partial charge in [-0.1, -0.05) is 0 Å². The number of phenols is 1. The van der Waals surface area contributed by atoms with Crippen LogP contribution in [0.5, 0.6) is 5.75 Å². The molecule has 1 aromatic rings. The van der Waals surface area contributed by atoms with E-state index in [0.29, 0.717) is 11.3 Å². The molecule has 11 heteroatoms. The Hall–Kier alpha value is -3.62. The van der Waals surface area contributed by atoms with Crippen molar-refractivity contribution in [1.29, 1.82) is 5.26 Å². The number of rotatable bonds is 3. The van der Waals surface area contributed by atoms with Crippen molar-refractivity contribution >= 4 is 30.3 Å². The number of amides is 1. The van der Waals surface area contributed by atoms with Crippen LogP contribution in [0.1, 0.15) is 27.9 Å². The van der Waals surface area contributed by atoms with Crippen LogP contribution in [0.15, 0.2) is 28.7 Å². The Kier molecular flexibility index (Phi) is 5.58. The molecule has 0 saturated heterocycles. The minimum absolute atomic E-state index is 0.0923. The number of aliphatic hydroxyl groups excluding tert-OH is 2. The van der Waals surface area contributed by atoms with Gasteiger partial charge in [-0.2, -0.15) is 0 Å². The molecule has 0 heterocycles. The Labute approximate surface area is 203 Å². The van der Waals surface area contributed by atoms with Gasteiger partial charge < -0.3 is 0 Å². The number of hydrogen-bond donors (Lipinski definition) is 5. The van der Waals surface area contributed by atoms with Gasteiger partial charge in [-0.3, -0.25) is 0 Å². The van der Waals surface area contributed by atoms with Crippen molar-refractivity contribution in [2.75, 3.05) is 33.1 Å². The van der Waals surface area contributed by atoms with Crippen molar-refractivity contribution in [3.05, 3.63) is 45.4 Å². The second kappa shape index (κ2) is 7.97. The predicted octanol–water partition coefficient (Wildman–Crippen LogP) is -0.438. The Morgan fingerprint density at radius 2 is 1.89 bits per heavy atom. The van der Waals surface area contributed by atoms with E-state index < -0.39 is 52.3 Å². The van der Waals surface area contributed by atoms with Crippen LogP contribution in [-0.4, -0.2) is 89.8 Å². The molecule has 1 unspecified atom stereocenters. The Bertz CT molecular complexity index is 1310. The summed E-state index contributed by atoms with van der Waals surface area (Å²) in [7, 11) is 10.6. The minimum atomic E-state index is -2.25. The SMILES string of the molecule is B=C1C(C(N)=O)=C(O)[C@H](N(C)C)[C@@H]2C[C@@H]3Cc4c(N(C)C)cc(C#N)c(O)c4C(=O)C3=C(O)C12O. The fourth-order valence-electron chi connectivity index (χ4n) is 5.95. The first-order valence-electron chi connectivity index (χ1n) is 11.0. The molecule has 35 heavy (non-hydrogen) atoms. The quantitative estimate of drug-likeness (QED) is 0.361. The number of likely N-dealkylation sites (N-methyl/N-ethyl adjacent to an activating group) is 1. The van der Waals surface area contributed by atoms with Gasteiger partial charge in [0.2, 0.25) is 0 Å². The standard InChI is InChI=1S/C24H27BN4O6/c1-28(2)13-7-10(8-26)18(30)15-11(13)5-9-6-12-17(29(3)4)20(32)16(23(27)34)21(25)24(12,35)22(33)14(9)19(15)31/h7,9,12,17,25,30,32-33,35H,5-6H2,1-4H3,(H2,27,34)/t9-,12-,17+,24?/m0/s1. The monoisotopic (exact) mass is 478 g/mol. The summed E-state index contributed by atoms with van der Waals surface area (Å²) in [6, 6.07) is 2.50. The molecule has 6 N–H and O–H groups in total. The topological polar surface area (TPSA) is 171 Å². The van der Waals surface area contributed by atoms with Crippen LogP contribution < -0.4 is 10.6 Å². The molecule has 182 valence electrons. The number of benzene rings is 1. The van der Waals surface area contributed by atoms with E-state index >= 15 is 0 Å². The van der Waals surface area contributed by atoms with Crippen LogP contribution in [0.4, 0.5) is 5.69 Å². The van der Waals surface area contributed by atoms with Gasteiger partial charge in [0.25, 0.3) is 0 Å². The first-order chi connectivity index (χ1) is 16.3. The van der Waals surface area contributed by atoms with Gasteiger partial charge in [-0.05, 0) is 0 Å².